The first-order valence-electron chi connectivity index (χ1n) is 8.89. The summed E-state index contributed by atoms with van der Waals surface area (Å²) < 4.78 is 6.85. The Morgan fingerprint density at radius 2 is 2.00 bits per heavy atom. The second kappa shape index (κ2) is 7.03. The molecule has 3 aromatic rings. The van der Waals surface area contributed by atoms with Gasteiger partial charge in [-0.25, -0.2) is 4.98 Å². The number of rotatable bonds is 4. The van der Waals surface area contributed by atoms with E-state index in [1.807, 2.05) is 19.1 Å². The molecule has 0 fully saturated rings. The highest BCUT2D eigenvalue weighted by molar-refractivity contribution is 7.18. The standard InChI is InChI=1S/C20H20N2O3S/c1-13-6-8-14(9-7-13)25-17(23)10-11-22-12-21-19-18(20(22)24)15-4-2-3-5-16(15)26-19/h6-9,12H,2-5,10-11H2,1H3. The maximum absolute atomic E-state index is 12.8. The molecule has 1 aromatic carbocycles. The van der Waals surface area contributed by atoms with Gasteiger partial charge in [-0.3, -0.25) is 14.2 Å². The lowest BCUT2D eigenvalue weighted by atomic mass is 9.97. The van der Waals surface area contributed by atoms with Crippen LogP contribution in [0.25, 0.3) is 10.2 Å². The van der Waals surface area contributed by atoms with Crippen molar-refractivity contribution in [2.75, 3.05) is 0 Å². The Bertz CT molecular complexity index is 1020. The molecular formula is C20H20N2O3S. The third kappa shape index (κ3) is 3.29. The lowest BCUT2D eigenvalue weighted by Gasteiger charge is -2.10. The van der Waals surface area contributed by atoms with Crippen LogP contribution >= 0.6 is 11.3 Å². The van der Waals surface area contributed by atoms with E-state index in [9.17, 15) is 9.59 Å². The average molecular weight is 368 g/mol. The van der Waals surface area contributed by atoms with Crippen molar-refractivity contribution in [3.8, 4) is 5.75 Å². The fraction of sp³-hybridized carbons (Fsp3) is 0.350. The summed E-state index contributed by atoms with van der Waals surface area (Å²) in [5, 5.41) is 0.749. The van der Waals surface area contributed by atoms with Crippen LogP contribution in [0.5, 0.6) is 5.75 Å². The second-order valence-corrected chi connectivity index (χ2v) is 7.75. The second-order valence-electron chi connectivity index (χ2n) is 6.67. The van der Waals surface area contributed by atoms with E-state index in [-0.39, 0.29) is 24.5 Å². The van der Waals surface area contributed by atoms with Crippen molar-refractivity contribution in [2.24, 2.45) is 0 Å². The molecule has 0 N–H and O–H groups in total. The summed E-state index contributed by atoms with van der Waals surface area (Å²) in [6, 6.07) is 7.32. The Morgan fingerprint density at radius 1 is 1.23 bits per heavy atom. The van der Waals surface area contributed by atoms with E-state index in [1.165, 1.54) is 21.4 Å². The minimum Gasteiger partial charge on any atom is -0.426 e. The molecule has 2 aromatic heterocycles. The predicted octanol–water partition coefficient (Wildman–Crippen LogP) is 3.64. The molecule has 0 unspecified atom stereocenters. The maximum atomic E-state index is 12.8. The minimum absolute atomic E-state index is 0.0439. The average Bonchev–Trinajstić information content (AvgIpc) is 3.02. The van der Waals surface area contributed by atoms with Crippen LogP contribution in [0.1, 0.15) is 35.3 Å². The number of fused-ring (bicyclic) bond motifs is 3. The van der Waals surface area contributed by atoms with E-state index in [1.54, 1.807) is 29.8 Å². The molecule has 26 heavy (non-hydrogen) atoms. The van der Waals surface area contributed by atoms with Crippen LogP contribution in [0.2, 0.25) is 0 Å². The van der Waals surface area contributed by atoms with E-state index in [0.29, 0.717) is 5.75 Å². The quantitative estimate of drug-likeness (QED) is 0.521. The van der Waals surface area contributed by atoms with Gasteiger partial charge in [-0.05, 0) is 50.3 Å². The summed E-state index contributed by atoms with van der Waals surface area (Å²) in [6.07, 6.45) is 5.97. The zero-order valence-electron chi connectivity index (χ0n) is 14.7. The Labute approximate surface area is 155 Å². The van der Waals surface area contributed by atoms with Crippen LogP contribution < -0.4 is 10.3 Å². The summed E-state index contributed by atoms with van der Waals surface area (Å²) in [4.78, 5) is 31.5. The number of aryl methyl sites for hydroxylation is 4. The van der Waals surface area contributed by atoms with Gasteiger partial charge in [-0.15, -0.1) is 11.3 Å². The van der Waals surface area contributed by atoms with Crippen LogP contribution in [0.4, 0.5) is 0 Å². The van der Waals surface area contributed by atoms with Crippen molar-refractivity contribution in [2.45, 2.75) is 45.6 Å². The molecule has 0 aliphatic heterocycles. The fourth-order valence-electron chi connectivity index (χ4n) is 3.34. The SMILES string of the molecule is Cc1ccc(OC(=O)CCn2cnc3sc4c(c3c2=O)CCCC4)cc1. The fourth-order valence-corrected chi connectivity index (χ4v) is 4.56. The van der Waals surface area contributed by atoms with E-state index < -0.39 is 0 Å². The van der Waals surface area contributed by atoms with E-state index >= 15 is 0 Å². The Hall–Kier alpha value is -2.47. The van der Waals surface area contributed by atoms with Crippen LogP contribution in [-0.4, -0.2) is 15.5 Å². The van der Waals surface area contributed by atoms with Crippen LogP contribution in [0.15, 0.2) is 35.4 Å². The number of benzene rings is 1. The number of esters is 1. The van der Waals surface area contributed by atoms with Gasteiger partial charge < -0.3 is 4.74 Å². The first-order chi connectivity index (χ1) is 12.6. The summed E-state index contributed by atoms with van der Waals surface area (Å²) in [7, 11) is 0. The molecule has 134 valence electrons. The van der Waals surface area contributed by atoms with Gasteiger partial charge in [0.15, 0.2) is 0 Å². The van der Waals surface area contributed by atoms with Gasteiger partial charge in [-0.2, -0.15) is 0 Å². The molecule has 0 saturated carbocycles. The number of carbonyl (C=O) groups excluding carboxylic acids is 1. The third-order valence-electron chi connectivity index (χ3n) is 4.75. The van der Waals surface area contributed by atoms with Crippen LogP contribution in [-0.2, 0) is 24.2 Å². The molecule has 0 atom stereocenters. The van der Waals surface area contributed by atoms with E-state index in [4.69, 9.17) is 4.74 Å². The van der Waals surface area contributed by atoms with Gasteiger partial charge in [0.25, 0.3) is 5.56 Å². The molecule has 1 aliphatic rings. The number of aromatic nitrogens is 2. The number of carbonyl (C=O) groups is 1. The molecule has 5 nitrogen and oxygen atoms in total. The monoisotopic (exact) mass is 368 g/mol. The number of hydrogen-bond acceptors (Lipinski definition) is 5. The van der Waals surface area contributed by atoms with Gasteiger partial charge in [0.05, 0.1) is 18.1 Å². The van der Waals surface area contributed by atoms with Crippen molar-refractivity contribution in [3.63, 3.8) is 0 Å². The highest BCUT2D eigenvalue weighted by atomic mass is 32.1. The summed E-state index contributed by atoms with van der Waals surface area (Å²) in [5.41, 5.74) is 2.23. The molecule has 0 spiro atoms. The first-order valence-corrected chi connectivity index (χ1v) is 9.70. The lowest BCUT2D eigenvalue weighted by Crippen LogP contribution is -2.23. The molecule has 0 saturated heterocycles. The smallest absolute Gasteiger partial charge is 0.312 e. The van der Waals surface area contributed by atoms with Crippen molar-refractivity contribution < 1.29 is 9.53 Å². The highest BCUT2D eigenvalue weighted by Gasteiger charge is 2.20. The topological polar surface area (TPSA) is 61.2 Å². The lowest BCUT2D eigenvalue weighted by molar-refractivity contribution is -0.134. The molecule has 0 bridgehead atoms. The van der Waals surface area contributed by atoms with E-state index in [0.717, 1.165) is 35.0 Å². The minimum atomic E-state index is -0.354. The van der Waals surface area contributed by atoms with Gasteiger partial charge in [-0.1, -0.05) is 17.7 Å². The maximum Gasteiger partial charge on any atom is 0.312 e. The Morgan fingerprint density at radius 3 is 2.81 bits per heavy atom. The van der Waals surface area contributed by atoms with Crippen molar-refractivity contribution in [1.29, 1.82) is 0 Å². The first kappa shape index (κ1) is 17.0. The van der Waals surface area contributed by atoms with Crippen molar-refractivity contribution in [3.05, 3.63) is 57.0 Å². The van der Waals surface area contributed by atoms with Gasteiger partial charge >= 0.3 is 5.97 Å². The molecule has 1 aliphatic carbocycles. The number of hydrogen-bond donors (Lipinski definition) is 0. The third-order valence-corrected chi connectivity index (χ3v) is 5.95. The Balaban J connectivity index is 1.50. The number of thiophene rings is 1. The van der Waals surface area contributed by atoms with Gasteiger partial charge in [0, 0.05) is 11.4 Å². The van der Waals surface area contributed by atoms with Crippen molar-refractivity contribution >= 4 is 27.5 Å². The summed E-state index contributed by atoms with van der Waals surface area (Å²) >= 11 is 1.63. The van der Waals surface area contributed by atoms with Crippen LogP contribution in [0.3, 0.4) is 0 Å². The summed E-state index contributed by atoms with van der Waals surface area (Å²) in [5.74, 6) is 0.168. The number of nitrogens with zero attached hydrogens (tertiary/aromatic N) is 2. The largest absolute Gasteiger partial charge is 0.426 e. The van der Waals surface area contributed by atoms with Gasteiger partial charge in [0.1, 0.15) is 10.6 Å². The van der Waals surface area contributed by atoms with Crippen LogP contribution in [0, 0.1) is 6.92 Å². The molecular weight excluding hydrogens is 348 g/mol. The Kier molecular flexibility index (Phi) is 4.59. The zero-order valence-corrected chi connectivity index (χ0v) is 15.5. The molecule has 4 rings (SSSR count). The highest BCUT2D eigenvalue weighted by Crippen LogP contribution is 2.33. The van der Waals surface area contributed by atoms with Gasteiger partial charge in [0.2, 0.25) is 0 Å². The molecule has 2 heterocycles. The number of ether oxygens (including phenoxy) is 1. The zero-order chi connectivity index (χ0) is 18.1. The van der Waals surface area contributed by atoms with E-state index in [2.05, 4.69) is 4.98 Å². The summed E-state index contributed by atoms with van der Waals surface area (Å²) in [6.45, 7) is 2.25. The molecule has 6 heteroatoms. The molecule has 0 amide bonds. The molecule has 0 radical (unpaired) electrons. The normalized spacial score (nSPS) is 13.6. The van der Waals surface area contributed by atoms with Crippen molar-refractivity contribution in [1.82, 2.24) is 9.55 Å². The predicted molar refractivity (Wildman–Crippen MR) is 102 cm³/mol.